The summed E-state index contributed by atoms with van der Waals surface area (Å²) in [6.45, 7) is 3.80. The average molecular weight is 262 g/mol. The van der Waals surface area contributed by atoms with E-state index >= 15 is 0 Å². The van der Waals surface area contributed by atoms with E-state index in [1.807, 2.05) is 38.2 Å². The Bertz CT molecular complexity index is 453. The lowest BCUT2D eigenvalue weighted by molar-refractivity contribution is -0.128. The van der Waals surface area contributed by atoms with Gasteiger partial charge in [-0.3, -0.25) is 4.79 Å². The molecule has 0 aromatic heterocycles. The first-order valence-electron chi connectivity index (χ1n) is 6.70. The Morgan fingerprint density at radius 3 is 2.89 bits per heavy atom. The second kappa shape index (κ2) is 5.61. The Morgan fingerprint density at radius 2 is 2.26 bits per heavy atom. The standard InChI is InChI=1S/C15H22N2O2/c1-15(8-5-9-16-11-15)14(18)17(2)12-6-4-7-13(10-12)19-3/h4,6-7,10,16H,5,8-9,11H2,1-3H3. The average Bonchev–Trinajstić information content (AvgIpc) is 2.46. The second-order valence-electron chi connectivity index (χ2n) is 5.41. The number of hydrogen-bond acceptors (Lipinski definition) is 3. The highest BCUT2D eigenvalue weighted by atomic mass is 16.5. The molecular formula is C15H22N2O2. The molecule has 1 aliphatic heterocycles. The van der Waals surface area contributed by atoms with Crippen LogP contribution in [0.3, 0.4) is 0 Å². The number of nitrogens with one attached hydrogen (secondary N) is 1. The molecule has 0 spiro atoms. The highest BCUT2D eigenvalue weighted by Crippen LogP contribution is 2.30. The minimum Gasteiger partial charge on any atom is -0.497 e. The molecule has 1 unspecified atom stereocenters. The van der Waals surface area contributed by atoms with E-state index in [2.05, 4.69) is 5.32 Å². The largest absolute Gasteiger partial charge is 0.497 e. The van der Waals surface area contributed by atoms with E-state index in [0.29, 0.717) is 0 Å². The van der Waals surface area contributed by atoms with Crippen LogP contribution in [-0.2, 0) is 4.79 Å². The minimum atomic E-state index is -0.309. The zero-order valence-corrected chi connectivity index (χ0v) is 11.9. The van der Waals surface area contributed by atoms with E-state index in [1.54, 1.807) is 12.0 Å². The number of nitrogens with zero attached hydrogens (tertiary/aromatic N) is 1. The van der Waals surface area contributed by atoms with Crippen LogP contribution in [-0.4, -0.2) is 33.2 Å². The van der Waals surface area contributed by atoms with E-state index in [0.717, 1.165) is 37.4 Å². The van der Waals surface area contributed by atoms with Crippen LogP contribution in [0.5, 0.6) is 5.75 Å². The topological polar surface area (TPSA) is 41.6 Å². The van der Waals surface area contributed by atoms with Gasteiger partial charge in [0.15, 0.2) is 0 Å². The number of rotatable bonds is 3. The molecule has 0 radical (unpaired) electrons. The van der Waals surface area contributed by atoms with Crippen LogP contribution in [0.1, 0.15) is 19.8 Å². The number of benzene rings is 1. The number of ether oxygens (including phenoxy) is 1. The third-order valence-corrected chi connectivity index (χ3v) is 3.86. The molecule has 1 atom stereocenters. The van der Waals surface area contributed by atoms with Crippen LogP contribution in [0.4, 0.5) is 5.69 Å². The van der Waals surface area contributed by atoms with Crippen molar-refractivity contribution in [1.29, 1.82) is 0 Å². The molecule has 4 nitrogen and oxygen atoms in total. The fourth-order valence-electron chi connectivity index (χ4n) is 2.58. The first-order valence-corrected chi connectivity index (χ1v) is 6.70. The molecule has 0 saturated carbocycles. The maximum absolute atomic E-state index is 12.7. The van der Waals surface area contributed by atoms with E-state index in [1.165, 1.54) is 0 Å². The molecule has 1 aromatic carbocycles. The lowest BCUT2D eigenvalue weighted by Crippen LogP contribution is -2.49. The highest BCUT2D eigenvalue weighted by molar-refractivity contribution is 5.97. The van der Waals surface area contributed by atoms with Crippen LogP contribution < -0.4 is 15.0 Å². The van der Waals surface area contributed by atoms with Crippen LogP contribution in [0.25, 0.3) is 0 Å². The molecule has 19 heavy (non-hydrogen) atoms. The number of anilines is 1. The van der Waals surface area contributed by atoms with Gasteiger partial charge in [0.2, 0.25) is 5.91 Å². The summed E-state index contributed by atoms with van der Waals surface area (Å²) in [6.07, 6.45) is 1.99. The van der Waals surface area contributed by atoms with Gasteiger partial charge in [-0.25, -0.2) is 0 Å². The predicted molar refractivity (Wildman–Crippen MR) is 76.6 cm³/mol. The summed E-state index contributed by atoms with van der Waals surface area (Å²) < 4.78 is 5.21. The van der Waals surface area contributed by atoms with Crippen molar-refractivity contribution in [2.24, 2.45) is 5.41 Å². The van der Waals surface area contributed by atoms with Gasteiger partial charge in [-0.2, -0.15) is 0 Å². The molecule has 1 saturated heterocycles. The number of carbonyl (C=O) groups excluding carboxylic acids is 1. The quantitative estimate of drug-likeness (QED) is 0.906. The summed E-state index contributed by atoms with van der Waals surface area (Å²) in [5.41, 5.74) is 0.562. The van der Waals surface area contributed by atoms with Gasteiger partial charge in [0.25, 0.3) is 0 Å². The van der Waals surface area contributed by atoms with Crippen molar-refractivity contribution in [3.8, 4) is 5.75 Å². The Hall–Kier alpha value is -1.55. The van der Waals surface area contributed by atoms with Crippen molar-refractivity contribution in [3.05, 3.63) is 24.3 Å². The molecule has 4 heteroatoms. The minimum absolute atomic E-state index is 0.160. The van der Waals surface area contributed by atoms with Crippen molar-refractivity contribution in [3.63, 3.8) is 0 Å². The van der Waals surface area contributed by atoms with E-state index < -0.39 is 0 Å². The van der Waals surface area contributed by atoms with Gasteiger partial charge in [0.1, 0.15) is 5.75 Å². The lowest BCUT2D eigenvalue weighted by atomic mass is 9.81. The van der Waals surface area contributed by atoms with Crippen molar-refractivity contribution < 1.29 is 9.53 Å². The molecule has 1 N–H and O–H groups in total. The van der Waals surface area contributed by atoms with Gasteiger partial charge in [0.05, 0.1) is 12.5 Å². The molecule has 2 rings (SSSR count). The van der Waals surface area contributed by atoms with Crippen molar-refractivity contribution in [1.82, 2.24) is 5.32 Å². The maximum Gasteiger partial charge on any atom is 0.233 e. The lowest BCUT2D eigenvalue weighted by Gasteiger charge is -2.36. The summed E-state index contributed by atoms with van der Waals surface area (Å²) in [5.74, 6) is 0.928. The van der Waals surface area contributed by atoms with Crippen LogP contribution in [0, 0.1) is 5.41 Å². The summed E-state index contributed by atoms with van der Waals surface area (Å²) in [4.78, 5) is 14.4. The fraction of sp³-hybridized carbons (Fsp3) is 0.533. The Kier molecular flexibility index (Phi) is 4.10. The first-order chi connectivity index (χ1) is 9.07. The molecule has 0 aliphatic carbocycles. The Morgan fingerprint density at radius 1 is 1.47 bits per heavy atom. The Labute approximate surface area is 114 Å². The Balaban J connectivity index is 2.17. The normalized spacial score (nSPS) is 22.9. The molecule has 1 fully saturated rings. The molecule has 1 heterocycles. The van der Waals surface area contributed by atoms with Gasteiger partial charge < -0.3 is 15.0 Å². The molecular weight excluding hydrogens is 240 g/mol. The smallest absolute Gasteiger partial charge is 0.233 e. The molecule has 1 amide bonds. The number of amides is 1. The number of hydrogen-bond donors (Lipinski definition) is 1. The third kappa shape index (κ3) is 2.89. The zero-order chi connectivity index (χ0) is 13.9. The van der Waals surface area contributed by atoms with Crippen LogP contribution in [0.2, 0.25) is 0 Å². The SMILES string of the molecule is COc1cccc(N(C)C(=O)C2(C)CCCNC2)c1. The summed E-state index contributed by atoms with van der Waals surface area (Å²) >= 11 is 0. The highest BCUT2D eigenvalue weighted by Gasteiger charge is 2.37. The van der Waals surface area contributed by atoms with Gasteiger partial charge in [-0.15, -0.1) is 0 Å². The molecule has 1 aromatic rings. The number of piperidine rings is 1. The maximum atomic E-state index is 12.7. The van der Waals surface area contributed by atoms with E-state index in [4.69, 9.17) is 4.74 Å². The van der Waals surface area contributed by atoms with E-state index in [9.17, 15) is 4.79 Å². The number of carbonyl (C=O) groups is 1. The zero-order valence-electron chi connectivity index (χ0n) is 11.9. The van der Waals surface area contributed by atoms with Gasteiger partial charge in [-0.05, 0) is 38.4 Å². The van der Waals surface area contributed by atoms with Crippen LogP contribution in [0.15, 0.2) is 24.3 Å². The monoisotopic (exact) mass is 262 g/mol. The van der Waals surface area contributed by atoms with Gasteiger partial charge in [-0.1, -0.05) is 6.07 Å². The molecule has 0 bridgehead atoms. The summed E-state index contributed by atoms with van der Waals surface area (Å²) in [5, 5.41) is 3.31. The summed E-state index contributed by atoms with van der Waals surface area (Å²) in [6, 6.07) is 7.60. The molecule has 104 valence electrons. The summed E-state index contributed by atoms with van der Waals surface area (Å²) in [7, 11) is 3.46. The van der Waals surface area contributed by atoms with Gasteiger partial charge in [0, 0.05) is 25.3 Å². The third-order valence-electron chi connectivity index (χ3n) is 3.86. The van der Waals surface area contributed by atoms with Crippen LogP contribution >= 0.6 is 0 Å². The van der Waals surface area contributed by atoms with Gasteiger partial charge >= 0.3 is 0 Å². The predicted octanol–water partition coefficient (Wildman–Crippen LogP) is 2.05. The van der Waals surface area contributed by atoms with Crippen molar-refractivity contribution >= 4 is 11.6 Å². The first kappa shape index (κ1) is 13.9. The number of methoxy groups -OCH3 is 1. The fourth-order valence-corrected chi connectivity index (χ4v) is 2.58. The van der Waals surface area contributed by atoms with E-state index in [-0.39, 0.29) is 11.3 Å². The second-order valence-corrected chi connectivity index (χ2v) is 5.41. The van der Waals surface area contributed by atoms with Crippen molar-refractivity contribution in [2.75, 3.05) is 32.1 Å². The van der Waals surface area contributed by atoms with Crippen molar-refractivity contribution in [2.45, 2.75) is 19.8 Å². The molecule has 1 aliphatic rings.